The molecule has 0 radical (unpaired) electrons. The van der Waals surface area contributed by atoms with Crippen molar-refractivity contribution in [2.45, 2.75) is 13.8 Å². The zero-order valence-electron chi connectivity index (χ0n) is 6.85. The number of amides is 1. The van der Waals surface area contributed by atoms with Crippen LogP contribution in [0.1, 0.15) is 13.8 Å². The normalized spacial score (nSPS) is 9.27. The maximum Gasteiger partial charge on any atom is 0.216 e. The number of hydrogen-bond acceptors (Lipinski definition) is 3. The molecule has 0 atom stereocenters. The van der Waals surface area contributed by atoms with Gasteiger partial charge in [-0.25, -0.2) is 0 Å². The van der Waals surface area contributed by atoms with E-state index in [1.165, 1.54) is 13.8 Å². The Kier molecular flexibility index (Phi) is 5.37. The minimum absolute atomic E-state index is 0.00664. The number of ether oxygens (including phenoxy) is 1. The van der Waals surface area contributed by atoms with Crippen molar-refractivity contribution in [1.82, 2.24) is 5.32 Å². The minimum atomic E-state index is -0.0866. The molecule has 0 aliphatic rings. The Morgan fingerprint density at radius 3 is 2.45 bits per heavy atom. The lowest BCUT2D eigenvalue weighted by molar-refractivity contribution is -0.121. The lowest BCUT2D eigenvalue weighted by Crippen LogP contribution is -2.25. The molecule has 0 saturated carbocycles. The maximum absolute atomic E-state index is 10.3. The van der Waals surface area contributed by atoms with E-state index >= 15 is 0 Å². The van der Waals surface area contributed by atoms with Gasteiger partial charge in [0, 0.05) is 13.5 Å². The van der Waals surface area contributed by atoms with Crippen LogP contribution in [0.2, 0.25) is 0 Å². The zero-order valence-corrected chi connectivity index (χ0v) is 6.85. The van der Waals surface area contributed by atoms with E-state index in [0.717, 1.165) is 0 Å². The van der Waals surface area contributed by atoms with Gasteiger partial charge >= 0.3 is 0 Å². The molecule has 0 aromatic heterocycles. The molecule has 0 unspecified atom stereocenters. The summed E-state index contributed by atoms with van der Waals surface area (Å²) in [4.78, 5) is 20.6. The predicted molar refractivity (Wildman–Crippen MR) is 40.2 cm³/mol. The average Bonchev–Trinajstić information content (AvgIpc) is 1.85. The molecule has 4 nitrogen and oxygen atoms in total. The molecule has 64 valence electrons. The van der Waals surface area contributed by atoms with Gasteiger partial charge in [0.2, 0.25) is 5.91 Å². The van der Waals surface area contributed by atoms with Crippen LogP contribution in [0.5, 0.6) is 0 Å². The maximum atomic E-state index is 10.3. The SMILES string of the molecule is CC(=O)COCCNC(C)=O. The molecule has 1 amide bonds. The van der Waals surface area contributed by atoms with Gasteiger partial charge in [0.1, 0.15) is 6.61 Å². The molecule has 1 N–H and O–H groups in total. The zero-order chi connectivity index (χ0) is 8.69. The highest BCUT2D eigenvalue weighted by atomic mass is 16.5. The largest absolute Gasteiger partial charge is 0.372 e. The Hall–Kier alpha value is -0.900. The van der Waals surface area contributed by atoms with Gasteiger partial charge in [-0.15, -0.1) is 0 Å². The van der Waals surface area contributed by atoms with Crippen molar-refractivity contribution in [2.24, 2.45) is 0 Å². The van der Waals surface area contributed by atoms with E-state index in [0.29, 0.717) is 13.2 Å². The Morgan fingerprint density at radius 2 is 2.00 bits per heavy atom. The van der Waals surface area contributed by atoms with Gasteiger partial charge in [0.05, 0.1) is 6.61 Å². The van der Waals surface area contributed by atoms with Gasteiger partial charge in [-0.05, 0) is 6.92 Å². The van der Waals surface area contributed by atoms with Crippen molar-refractivity contribution >= 4 is 11.7 Å². The lowest BCUT2D eigenvalue weighted by Gasteiger charge is -2.01. The van der Waals surface area contributed by atoms with Crippen LogP contribution in [-0.4, -0.2) is 31.4 Å². The summed E-state index contributed by atoms with van der Waals surface area (Å²) in [5, 5.41) is 2.54. The molecule has 0 fully saturated rings. The molecule has 0 bridgehead atoms. The molecule has 0 aromatic carbocycles. The number of Topliss-reactive ketones (excluding diaryl/α,β-unsaturated/α-hetero) is 1. The monoisotopic (exact) mass is 159 g/mol. The topological polar surface area (TPSA) is 55.4 Å². The van der Waals surface area contributed by atoms with Crippen LogP contribution in [-0.2, 0) is 14.3 Å². The van der Waals surface area contributed by atoms with Crippen molar-refractivity contribution in [2.75, 3.05) is 19.8 Å². The first-order valence-corrected chi connectivity index (χ1v) is 3.44. The molecule has 0 aliphatic heterocycles. The number of nitrogens with one attached hydrogen (secondary N) is 1. The highest BCUT2D eigenvalue weighted by Gasteiger charge is 1.93. The molecular formula is C7H13NO3. The third kappa shape index (κ3) is 9.10. The Morgan fingerprint density at radius 1 is 1.36 bits per heavy atom. The second kappa shape index (κ2) is 5.85. The Bertz CT molecular complexity index is 129. The van der Waals surface area contributed by atoms with Gasteiger partial charge in [0.25, 0.3) is 0 Å². The first-order chi connectivity index (χ1) is 5.13. The second-order valence-corrected chi connectivity index (χ2v) is 2.24. The number of carbonyl (C=O) groups is 2. The molecule has 0 saturated heterocycles. The summed E-state index contributed by atoms with van der Waals surface area (Å²) < 4.78 is 4.88. The van der Waals surface area contributed by atoms with Crippen molar-refractivity contribution in [1.29, 1.82) is 0 Å². The van der Waals surface area contributed by atoms with E-state index in [2.05, 4.69) is 5.32 Å². The fourth-order valence-electron chi connectivity index (χ4n) is 0.515. The van der Waals surface area contributed by atoms with Crippen molar-refractivity contribution in [3.05, 3.63) is 0 Å². The van der Waals surface area contributed by atoms with E-state index in [1.54, 1.807) is 0 Å². The van der Waals surface area contributed by atoms with E-state index < -0.39 is 0 Å². The van der Waals surface area contributed by atoms with Crippen molar-refractivity contribution in [3.8, 4) is 0 Å². The van der Waals surface area contributed by atoms with E-state index in [4.69, 9.17) is 4.74 Å². The second-order valence-electron chi connectivity index (χ2n) is 2.24. The number of hydrogen-bond donors (Lipinski definition) is 1. The summed E-state index contributed by atoms with van der Waals surface area (Å²) in [6.07, 6.45) is 0. The summed E-state index contributed by atoms with van der Waals surface area (Å²) in [6, 6.07) is 0. The summed E-state index contributed by atoms with van der Waals surface area (Å²) in [5.41, 5.74) is 0. The number of ketones is 1. The summed E-state index contributed by atoms with van der Waals surface area (Å²) >= 11 is 0. The van der Waals surface area contributed by atoms with Gasteiger partial charge < -0.3 is 10.1 Å². The van der Waals surface area contributed by atoms with Gasteiger partial charge in [-0.1, -0.05) is 0 Å². The molecule has 4 heteroatoms. The smallest absolute Gasteiger partial charge is 0.216 e. The number of rotatable bonds is 5. The van der Waals surface area contributed by atoms with Crippen molar-refractivity contribution in [3.63, 3.8) is 0 Å². The van der Waals surface area contributed by atoms with Crippen LogP contribution in [0, 0.1) is 0 Å². The molecule has 11 heavy (non-hydrogen) atoms. The highest BCUT2D eigenvalue weighted by molar-refractivity contribution is 5.76. The van der Waals surface area contributed by atoms with E-state index in [1.807, 2.05) is 0 Å². The molecular weight excluding hydrogens is 146 g/mol. The van der Waals surface area contributed by atoms with Crippen LogP contribution in [0.25, 0.3) is 0 Å². The lowest BCUT2D eigenvalue weighted by atomic mass is 10.5. The highest BCUT2D eigenvalue weighted by Crippen LogP contribution is 1.74. The van der Waals surface area contributed by atoms with Crippen LogP contribution >= 0.6 is 0 Å². The predicted octanol–water partition coefficient (Wildman–Crippen LogP) is -0.272. The average molecular weight is 159 g/mol. The van der Waals surface area contributed by atoms with Crippen molar-refractivity contribution < 1.29 is 14.3 Å². The van der Waals surface area contributed by atoms with Gasteiger partial charge in [0.15, 0.2) is 5.78 Å². The Balaban J connectivity index is 3.03. The summed E-state index contributed by atoms with van der Waals surface area (Å²) in [6.45, 7) is 3.87. The molecule has 0 heterocycles. The van der Waals surface area contributed by atoms with Gasteiger partial charge in [-0.2, -0.15) is 0 Å². The first kappa shape index (κ1) is 10.1. The van der Waals surface area contributed by atoms with Crippen LogP contribution in [0.3, 0.4) is 0 Å². The standard InChI is InChI=1S/C7H13NO3/c1-6(9)5-11-4-3-8-7(2)10/h3-5H2,1-2H3,(H,8,10). The quantitative estimate of drug-likeness (QED) is 0.562. The van der Waals surface area contributed by atoms with Crippen LogP contribution < -0.4 is 5.32 Å². The summed E-state index contributed by atoms with van der Waals surface area (Å²) in [5.74, 6) is -0.0933. The van der Waals surface area contributed by atoms with Crippen LogP contribution in [0.4, 0.5) is 0 Å². The third-order valence-electron chi connectivity index (χ3n) is 0.926. The fraction of sp³-hybridized carbons (Fsp3) is 0.714. The minimum Gasteiger partial charge on any atom is -0.372 e. The fourth-order valence-corrected chi connectivity index (χ4v) is 0.515. The molecule has 0 aromatic rings. The summed E-state index contributed by atoms with van der Waals surface area (Å²) in [7, 11) is 0. The third-order valence-corrected chi connectivity index (χ3v) is 0.926. The van der Waals surface area contributed by atoms with E-state index in [-0.39, 0.29) is 18.3 Å². The van der Waals surface area contributed by atoms with E-state index in [9.17, 15) is 9.59 Å². The molecule has 0 spiro atoms. The molecule has 0 aliphatic carbocycles. The number of carbonyl (C=O) groups excluding carboxylic acids is 2. The Labute approximate surface area is 65.9 Å². The first-order valence-electron chi connectivity index (χ1n) is 3.44. The van der Waals surface area contributed by atoms with Crippen LogP contribution in [0.15, 0.2) is 0 Å². The van der Waals surface area contributed by atoms with Gasteiger partial charge in [-0.3, -0.25) is 9.59 Å². The molecule has 0 rings (SSSR count).